The molecule has 1 fully saturated rings. The third-order valence-corrected chi connectivity index (χ3v) is 8.52. The number of rotatable bonds is 5. The maximum absolute atomic E-state index is 12.9. The van der Waals surface area contributed by atoms with Crippen LogP contribution in [0.15, 0.2) is 35.2 Å². The molecule has 1 heterocycles. The van der Waals surface area contributed by atoms with Gasteiger partial charge in [0, 0.05) is 13.1 Å². The van der Waals surface area contributed by atoms with E-state index in [0.717, 1.165) is 12.8 Å². The summed E-state index contributed by atoms with van der Waals surface area (Å²) in [4.78, 5) is 12.4. The van der Waals surface area contributed by atoms with Crippen LogP contribution in [-0.2, 0) is 19.6 Å². The lowest BCUT2D eigenvalue weighted by Crippen LogP contribution is -2.41. The van der Waals surface area contributed by atoms with Crippen LogP contribution in [0.3, 0.4) is 0 Å². The van der Waals surface area contributed by atoms with E-state index in [1.54, 1.807) is 6.07 Å². The van der Waals surface area contributed by atoms with Gasteiger partial charge >= 0.3 is 5.97 Å². The first-order chi connectivity index (χ1) is 13.3. The Kier molecular flexibility index (Phi) is 7.07. The molecule has 2 unspecified atom stereocenters. The van der Waals surface area contributed by atoms with Crippen molar-refractivity contribution in [1.29, 1.82) is 0 Å². The van der Waals surface area contributed by atoms with Gasteiger partial charge in [0.05, 0.1) is 22.6 Å². The number of sulfonamides is 1. The van der Waals surface area contributed by atoms with E-state index >= 15 is 0 Å². The summed E-state index contributed by atoms with van der Waals surface area (Å²) < 4.78 is 32.7. The monoisotopic (exact) mass is 445 g/mol. The maximum atomic E-state index is 12.9. The van der Waals surface area contributed by atoms with Crippen LogP contribution in [0.2, 0.25) is 10.0 Å². The second kappa shape index (κ2) is 9.16. The molecule has 2 aliphatic rings. The van der Waals surface area contributed by atoms with Gasteiger partial charge in [0.2, 0.25) is 10.0 Å². The molecular weight excluding hydrogens is 421 g/mol. The number of carbonyl (C=O) groups is 1. The Morgan fingerprint density at radius 2 is 1.75 bits per heavy atom. The summed E-state index contributed by atoms with van der Waals surface area (Å²) in [5, 5.41) is 0.203. The molecule has 1 aromatic carbocycles. The van der Waals surface area contributed by atoms with E-state index in [9.17, 15) is 13.2 Å². The maximum Gasteiger partial charge on any atom is 0.309 e. The molecule has 1 aliphatic carbocycles. The normalized spacial score (nSPS) is 24.2. The molecule has 1 aliphatic heterocycles. The van der Waals surface area contributed by atoms with E-state index in [1.165, 1.54) is 16.4 Å². The lowest BCUT2D eigenvalue weighted by molar-refractivity contribution is -0.151. The Morgan fingerprint density at radius 1 is 1.14 bits per heavy atom. The highest BCUT2D eigenvalue weighted by Crippen LogP contribution is 2.33. The van der Waals surface area contributed by atoms with Crippen LogP contribution in [0.5, 0.6) is 0 Å². The summed E-state index contributed by atoms with van der Waals surface area (Å²) >= 11 is 12.1. The van der Waals surface area contributed by atoms with Crippen molar-refractivity contribution in [2.45, 2.75) is 37.5 Å². The van der Waals surface area contributed by atoms with Crippen LogP contribution in [0.4, 0.5) is 0 Å². The number of ether oxygens (including phenoxy) is 1. The first-order valence-corrected chi connectivity index (χ1v) is 11.8. The summed E-state index contributed by atoms with van der Waals surface area (Å²) in [5.41, 5.74) is 0. The number of piperidine rings is 1. The molecule has 0 bridgehead atoms. The SMILES string of the molecule is CC1CC=CCC1COC(=O)C1CCN(S(=O)(=O)c2c(Cl)cccc2Cl)CC1. The minimum atomic E-state index is -3.80. The van der Waals surface area contributed by atoms with Crippen LogP contribution in [0, 0.1) is 17.8 Å². The fourth-order valence-corrected chi connectivity index (χ4v) is 6.30. The summed E-state index contributed by atoms with van der Waals surface area (Å²) in [6, 6.07) is 4.62. The average molecular weight is 446 g/mol. The van der Waals surface area contributed by atoms with Crippen molar-refractivity contribution in [2.75, 3.05) is 19.7 Å². The zero-order valence-corrected chi connectivity index (χ0v) is 18.1. The van der Waals surface area contributed by atoms with Crippen molar-refractivity contribution < 1.29 is 17.9 Å². The van der Waals surface area contributed by atoms with E-state index in [2.05, 4.69) is 19.1 Å². The molecule has 3 rings (SSSR count). The van der Waals surface area contributed by atoms with E-state index in [-0.39, 0.29) is 39.9 Å². The predicted octanol–water partition coefficient (Wildman–Crippen LogP) is 4.54. The zero-order valence-electron chi connectivity index (χ0n) is 15.8. The predicted molar refractivity (Wildman–Crippen MR) is 110 cm³/mol. The Bertz CT molecular complexity index is 828. The molecule has 154 valence electrons. The quantitative estimate of drug-likeness (QED) is 0.492. The van der Waals surface area contributed by atoms with Gasteiger partial charge in [-0.1, -0.05) is 48.3 Å². The zero-order chi connectivity index (χ0) is 20.3. The van der Waals surface area contributed by atoms with Gasteiger partial charge in [-0.3, -0.25) is 4.79 Å². The van der Waals surface area contributed by atoms with E-state index in [0.29, 0.717) is 31.3 Å². The van der Waals surface area contributed by atoms with Gasteiger partial charge < -0.3 is 4.74 Å². The Labute approximate surface area is 176 Å². The summed E-state index contributed by atoms with van der Waals surface area (Å²) in [6.07, 6.45) is 7.12. The highest BCUT2D eigenvalue weighted by molar-refractivity contribution is 7.89. The van der Waals surface area contributed by atoms with Crippen molar-refractivity contribution in [3.05, 3.63) is 40.4 Å². The number of benzene rings is 1. The number of halogens is 2. The van der Waals surface area contributed by atoms with Crippen molar-refractivity contribution in [2.24, 2.45) is 17.8 Å². The van der Waals surface area contributed by atoms with Gasteiger partial charge in [-0.05, 0) is 49.7 Å². The van der Waals surface area contributed by atoms with Crippen molar-refractivity contribution in [3.8, 4) is 0 Å². The van der Waals surface area contributed by atoms with Gasteiger partial charge in [-0.2, -0.15) is 4.31 Å². The second-order valence-corrected chi connectivity index (χ2v) is 10.2. The largest absolute Gasteiger partial charge is 0.465 e. The molecule has 1 saturated heterocycles. The van der Waals surface area contributed by atoms with Crippen LogP contribution >= 0.6 is 23.2 Å². The van der Waals surface area contributed by atoms with Crippen molar-refractivity contribution >= 4 is 39.2 Å². The Balaban J connectivity index is 1.56. The number of carbonyl (C=O) groups excluding carboxylic acids is 1. The van der Waals surface area contributed by atoms with Gasteiger partial charge in [0.25, 0.3) is 0 Å². The summed E-state index contributed by atoms with van der Waals surface area (Å²) in [5.74, 6) is 0.360. The molecule has 28 heavy (non-hydrogen) atoms. The minimum Gasteiger partial charge on any atom is -0.465 e. The van der Waals surface area contributed by atoms with E-state index < -0.39 is 10.0 Å². The van der Waals surface area contributed by atoms with Gasteiger partial charge in [-0.15, -0.1) is 0 Å². The van der Waals surface area contributed by atoms with E-state index in [4.69, 9.17) is 27.9 Å². The fourth-order valence-electron chi connectivity index (χ4n) is 3.74. The molecule has 5 nitrogen and oxygen atoms in total. The van der Waals surface area contributed by atoms with Crippen LogP contribution in [0.1, 0.15) is 32.6 Å². The highest BCUT2D eigenvalue weighted by atomic mass is 35.5. The number of esters is 1. The van der Waals surface area contributed by atoms with Gasteiger partial charge in [0.1, 0.15) is 4.90 Å². The molecule has 2 atom stereocenters. The number of allylic oxidation sites excluding steroid dienone is 2. The molecule has 0 aromatic heterocycles. The highest BCUT2D eigenvalue weighted by Gasteiger charge is 2.35. The molecule has 0 amide bonds. The Morgan fingerprint density at radius 3 is 2.36 bits per heavy atom. The molecule has 0 N–H and O–H groups in total. The van der Waals surface area contributed by atoms with E-state index in [1.807, 2.05) is 0 Å². The second-order valence-electron chi connectivity index (χ2n) is 7.54. The molecule has 0 spiro atoms. The van der Waals surface area contributed by atoms with Crippen molar-refractivity contribution in [3.63, 3.8) is 0 Å². The smallest absolute Gasteiger partial charge is 0.309 e. The lowest BCUT2D eigenvalue weighted by Gasteiger charge is -2.31. The third-order valence-electron chi connectivity index (χ3n) is 5.66. The molecular formula is C20H25Cl2NO4S. The molecule has 8 heteroatoms. The first-order valence-electron chi connectivity index (χ1n) is 9.56. The summed E-state index contributed by atoms with van der Waals surface area (Å²) in [7, 11) is -3.80. The topological polar surface area (TPSA) is 63.7 Å². The van der Waals surface area contributed by atoms with Crippen LogP contribution in [0.25, 0.3) is 0 Å². The first kappa shape index (κ1) is 21.6. The van der Waals surface area contributed by atoms with Gasteiger partial charge in [-0.25, -0.2) is 8.42 Å². The molecule has 1 aromatic rings. The lowest BCUT2D eigenvalue weighted by atomic mass is 9.85. The van der Waals surface area contributed by atoms with Crippen LogP contribution in [-0.4, -0.2) is 38.4 Å². The van der Waals surface area contributed by atoms with Gasteiger partial charge in [0.15, 0.2) is 0 Å². The average Bonchev–Trinajstić information content (AvgIpc) is 2.67. The molecule has 0 saturated carbocycles. The van der Waals surface area contributed by atoms with Crippen molar-refractivity contribution in [1.82, 2.24) is 4.31 Å². The minimum absolute atomic E-state index is 0.0706. The van der Waals surface area contributed by atoms with Crippen LogP contribution < -0.4 is 0 Å². The summed E-state index contributed by atoms with van der Waals surface area (Å²) in [6.45, 7) is 3.09. The third kappa shape index (κ3) is 4.73. The standard InChI is InChI=1S/C20H25Cl2NO4S/c1-14-5-2-3-6-16(14)13-27-20(24)15-9-11-23(12-10-15)28(25,26)19-17(21)7-4-8-18(19)22/h2-4,7-8,14-16H,5-6,9-13H2,1H3. The number of hydrogen-bond donors (Lipinski definition) is 0. The fraction of sp³-hybridized carbons (Fsp3) is 0.550. The number of nitrogens with zero attached hydrogens (tertiary/aromatic N) is 1. The Hall–Kier alpha value is -1.08. The molecule has 0 radical (unpaired) electrons. The number of hydrogen-bond acceptors (Lipinski definition) is 4.